The van der Waals surface area contributed by atoms with Crippen LogP contribution in [0.15, 0.2) is 17.1 Å². The number of aldehydes is 1. The lowest BCUT2D eigenvalue weighted by molar-refractivity contribution is 0.112. The summed E-state index contributed by atoms with van der Waals surface area (Å²) >= 11 is 0. The van der Waals surface area contributed by atoms with Crippen molar-refractivity contribution < 1.29 is 9.53 Å². The zero-order chi connectivity index (χ0) is 8.27. The maximum absolute atomic E-state index is 10.8. The summed E-state index contributed by atoms with van der Waals surface area (Å²) < 4.78 is 4.78. The first-order valence-electron chi connectivity index (χ1n) is 3.00. The first kappa shape index (κ1) is 7.53. The molecular weight excluding hydrogens is 146 g/mol. The highest BCUT2D eigenvalue weighted by Crippen LogP contribution is 2.04. The van der Waals surface area contributed by atoms with Crippen molar-refractivity contribution in [3.63, 3.8) is 0 Å². The molecule has 1 rings (SSSR count). The van der Waals surface area contributed by atoms with Crippen LogP contribution in [0.2, 0.25) is 0 Å². The summed E-state index contributed by atoms with van der Waals surface area (Å²) in [5.41, 5.74) is -0.329. The van der Waals surface area contributed by atoms with Crippen LogP contribution in [0.25, 0.3) is 0 Å². The Morgan fingerprint density at radius 2 is 2.36 bits per heavy atom. The quantitative estimate of drug-likeness (QED) is 0.617. The Morgan fingerprint density at radius 1 is 1.64 bits per heavy atom. The molecule has 0 bridgehead atoms. The van der Waals surface area contributed by atoms with Crippen molar-refractivity contribution in [3.8, 4) is 5.75 Å². The number of ether oxygens (including phenoxy) is 1. The second-order valence-corrected chi connectivity index (χ2v) is 1.94. The normalized spacial score (nSPS) is 9.18. The van der Waals surface area contributed by atoms with Gasteiger partial charge in [0.2, 0.25) is 0 Å². The number of hydrogen-bond acceptors (Lipinski definition) is 3. The van der Waals surface area contributed by atoms with E-state index >= 15 is 0 Å². The van der Waals surface area contributed by atoms with E-state index in [1.165, 1.54) is 19.4 Å². The van der Waals surface area contributed by atoms with E-state index in [0.29, 0.717) is 12.0 Å². The molecule has 0 spiro atoms. The van der Waals surface area contributed by atoms with Crippen LogP contribution in [0.3, 0.4) is 0 Å². The molecule has 1 aromatic heterocycles. The zero-order valence-electron chi connectivity index (χ0n) is 5.96. The molecule has 0 aromatic carbocycles. The van der Waals surface area contributed by atoms with Gasteiger partial charge in [-0.25, -0.2) is 0 Å². The van der Waals surface area contributed by atoms with Gasteiger partial charge in [0.15, 0.2) is 6.29 Å². The molecule has 1 heterocycles. The van der Waals surface area contributed by atoms with E-state index in [1.54, 1.807) is 0 Å². The van der Waals surface area contributed by atoms with Crippen molar-refractivity contribution in [2.75, 3.05) is 7.11 Å². The summed E-state index contributed by atoms with van der Waals surface area (Å²) in [6.45, 7) is 0. The molecule has 1 aromatic rings. The number of methoxy groups -OCH3 is 1. The molecule has 0 fully saturated rings. The lowest BCUT2D eigenvalue weighted by atomic mass is 10.3. The second kappa shape index (κ2) is 3.01. The number of pyridine rings is 1. The predicted octanol–water partition coefficient (Wildman–Crippen LogP) is 0.196. The van der Waals surface area contributed by atoms with Crippen LogP contribution >= 0.6 is 0 Å². The van der Waals surface area contributed by atoms with Crippen molar-refractivity contribution in [3.05, 3.63) is 28.2 Å². The van der Waals surface area contributed by atoms with E-state index in [0.717, 1.165) is 0 Å². The third-order valence-corrected chi connectivity index (χ3v) is 1.27. The summed E-state index contributed by atoms with van der Waals surface area (Å²) in [6.07, 6.45) is 1.89. The summed E-state index contributed by atoms with van der Waals surface area (Å²) in [5, 5.41) is 0. The highest BCUT2D eigenvalue weighted by Gasteiger charge is 1.98. The molecule has 0 atom stereocenters. The molecule has 4 nitrogen and oxygen atoms in total. The van der Waals surface area contributed by atoms with Crippen LogP contribution in [0.1, 0.15) is 10.4 Å². The van der Waals surface area contributed by atoms with E-state index in [2.05, 4.69) is 4.98 Å². The minimum atomic E-state index is -0.402. The van der Waals surface area contributed by atoms with Gasteiger partial charge in [0.1, 0.15) is 5.75 Å². The van der Waals surface area contributed by atoms with Gasteiger partial charge < -0.3 is 9.72 Å². The van der Waals surface area contributed by atoms with E-state index in [-0.39, 0.29) is 5.56 Å². The van der Waals surface area contributed by atoms with Gasteiger partial charge in [-0.3, -0.25) is 9.59 Å². The minimum Gasteiger partial charge on any atom is -0.495 e. The number of aromatic nitrogens is 1. The van der Waals surface area contributed by atoms with Gasteiger partial charge in [-0.1, -0.05) is 0 Å². The average molecular weight is 153 g/mol. The van der Waals surface area contributed by atoms with Crippen molar-refractivity contribution in [1.29, 1.82) is 0 Å². The highest BCUT2D eigenvalue weighted by atomic mass is 16.5. The Hall–Kier alpha value is -1.58. The van der Waals surface area contributed by atoms with Crippen molar-refractivity contribution in [2.24, 2.45) is 0 Å². The molecule has 0 unspecified atom stereocenters. The van der Waals surface area contributed by atoms with Gasteiger partial charge in [0.25, 0.3) is 5.56 Å². The fraction of sp³-hybridized carbons (Fsp3) is 0.143. The molecule has 1 N–H and O–H groups in total. The number of H-pyrrole nitrogens is 1. The molecule has 0 saturated carbocycles. The van der Waals surface area contributed by atoms with Crippen molar-refractivity contribution in [2.45, 2.75) is 0 Å². The first-order valence-corrected chi connectivity index (χ1v) is 3.00. The number of nitrogens with one attached hydrogen (secondary N) is 1. The fourth-order valence-corrected chi connectivity index (χ4v) is 0.686. The lowest BCUT2D eigenvalue weighted by Crippen LogP contribution is -2.10. The summed E-state index contributed by atoms with van der Waals surface area (Å²) in [7, 11) is 1.46. The number of carbonyl (C=O) groups is 1. The number of aromatic amines is 1. The number of hydrogen-bond donors (Lipinski definition) is 1. The smallest absolute Gasteiger partial charge is 0.258 e. The van der Waals surface area contributed by atoms with Crippen LogP contribution in [-0.2, 0) is 0 Å². The van der Waals surface area contributed by atoms with Crippen molar-refractivity contribution in [1.82, 2.24) is 4.98 Å². The maximum atomic E-state index is 10.8. The van der Waals surface area contributed by atoms with E-state index < -0.39 is 5.56 Å². The Labute approximate surface area is 62.8 Å². The average Bonchev–Trinajstić information content (AvgIpc) is 2.05. The number of rotatable bonds is 2. The molecular formula is C7H7NO3. The lowest BCUT2D eigenvalue weighted by Gasteiger charge is -1.97. The zero-order valence-corrected chi connectivity index (χ0v) is 5.96. The van der Waals surface area contributed by atoms with Crippen LogP contribution in [0.4, 0.5) is 0 Å². The van der Waals surface area contributed by atoms with Crippen LogP contribution in [0.5, 0.6) is 5.75 Å². The summed E-state index contributed by atoms with van der Waals surface area (Å²) in [4.78, 5) is 23.4. The molecule has 0 amide bonds. The maximum Gasteiger partial charge on any atom is 0.258 e. The summed E-state index contributed by atoms with van der Waals surface area (Å²) in [5.74, 6) is 0.465. The molecule has 11 heavy (non-hydrogen) atoms. The van der Waals surface area contributed by atoms with Gasteiger partial charge in [-0.2, -0.15) is 0 Å². The SMILES string of the molecule is COc1c[nH]c(=O)c(C=O)c1. The Balaban J connectivity index is 3.23. The molecule has 0 radical (unpaired) electrons. The van der Waals surface area contributed by atoms with Gasteiger partial charge in [0.05, 0.1) is 12.7 Å². The van der Waals surface area contributed by atoms with Crippen LogP contribution < -0.4 is 10.3 Å². The van der Waals surface area contributed by atoms with Gasteiger partial charge in [-0.05, 0) is 6.07 Å². The Morgan fingerprint density at radius 3 is 2.91 bits per heavy atom. The van der Waals surface area contributed by atoms with E-state index in [9.17, 15) is 9.59 Å². The van der Waals surface area contributed by atoms with Crippen LogP contribution in [-0.4, -0.2) is 18.4 Å². The number of carbonyl (C=O) groups excluding carboxylic acids is 1. The van der Waals surface area contributed by atoms with Gasteiger partial charge >= 0.3 is 0 Å². The van der Waals surface area contributed by atoms with Crippen LogP contribution in [0, 0.1) is 0 Å². The molecule has 58 valence electrons. The van der Waals surface area contributed by atoms with E-state index in [4.69, 9.17) is 4.74 Å². The third kappa shape index (κ3) is 1.46. The first-order chi connectivity index (χ1) is 5.27. The largest absolute Gasteiger partial charge is 0.495 e. The highest BCUT2D eigenvalue weighted by molar-refractivity contribution is 5.74. The van der Waals surface area contributed by atoms with E-state index in [1.807, 2.05) is 0 Å². The fourth-order valence-electron chi connectivity index (χ4n) is 0.686. The predicted molar refractivity (Wildman–Crippen MR) is 39.0 cm³/mol. The third-order valence-electron chi connectivity index (χ3n) is 1.27. The molecule has 4 heteroatoms. The monoisotopic (exact) mass is 153 g/mol. The Kier molecular flexibility index (Phi) is 2.06. The second-order valence-electron chi connectivity index (χ2n) is 1.94. The minimum absolute atomic E-state index is 0.0735. The molecule has 0 aliphatic heterocycles. The molecule has 0 aliphatic rings. The standard InChI is InChI=1S/C7H7NO3/c1-11-6-2-5(4-9)7(10)8-3-6/h2-4H,1H3,(H,8,10). The Bertz CT molecular complexity index is 316. The topological polar surface area (TPSA) is 59.2 Å². The van der Waals surface area contributed by atoms with Gasteiger partial charge in [0, 0.05) is 6.20 Å². The van der Waals surface area contributed by atoms with Crippen molar-refractivity contribution >= 4 is 6.29 Å². The summed E-state index contributed by atoms with van der Waals surface area (Å²) in [6, 6.07) is 1.38. The molecule has 0 aliphatic carbocycles. The molecule has 0 saturated heterocycles. The van der Waals surface area contributed by atoms with Gasteiger partial charge in [-0.15, -0.1) is 0 Å².